The second-order valence-corrected chi connectivity index (χ2v) is 7.66. The fourth-order valence-electron chi connectivity index (χ4n) is 2.59. The number of hydrogen-bond acceptors (Lipinski definition) is 7. The molecule has 0 fully saturated rings. The Morgan fingerprint density at radius 3 is 2.96 bits per heavy atom. The van der Waals surface area contributed by atoms with E-state index >= 15 is 0 Å². The smallest absolute Gasteiger partial charge is 0.349 e. The molecular weight excluding hydrogens is 438 g/mol. The summed E-state index contributed by atoms with van der Waals surface area (Å²) >= 11 is 4.69. The van der Waals surface area contributed by atoms with Crippen LogP contribution in [0.15, 0.2) is 38.6 Å². The summed E-state index contributed by atoms with van der Waals surface area (Å²) in [7, 11) is 1.45. The Bertz CT molecular complexity index is 1300. The average molecular weight is 450 g/mol. The van der Waals surface area contributed by atoms with Crippen molar-refractivity contribution in [2.45, 2.75) is 6.54 Å². The first-order chi connectivity index (χ1) is 13.0. The molecule has 0 aliphatic carbocycles. The van der Waals surface area contributed by atoms with Gasteiger partial charge in [0.25, 0.3) is 11.5 Å². The van der Waals surface area contributed by atoms with Gasteiger partial charge in [0.2, 0.25) is 0 Å². The molecule has 4 aromatic rings. The van der Waals surface area contributed by atoms with Gasteiger partial charge in [-0.1, -0.05) is 32.7 Å². The van der Waals surface area contributed by atoms with Gasteiger partial charge >= 0.3 is 5.69 Å². The maximum atomic E-state index is 12.4. The standard InChI is InChI=1S/C15H12BrN7O3S/c1-21-15(26)22-7-18-11(12(22)19-20-21)13(24)17-4-5-23-14(25)9-6-8(16)2-3-10(9)27-23/h2-3,6-7H,4-5H2,1H3,(H,17,24). The number of carbonyl (C=O) groups is 1. The molecule has 0 saturated heterocycles. The van der Waals surface area contributed by atoms with E-state index in [0.29, 0.717) is 11.9 Å². The van der Waals surface area contributed by atoms with Gasteiger partial charge in [-0.3, -0.25) is 13.5 Å². The number of imidazole rings is 1. The summed E-state index contributed by atoms with van der Waals surface area (Å²) in [6, 6.07) is 5.52. The molecular formula is C15H12BrN7O3S. The fourth-order valence-corrected chi connectivity index (χ4v) is 3.92. The molecule has 3 heterocycles. The minimum absolute atomic E-state index is 0.00724. The van der Waals surface area contributed by atoms with Crippen molar-refractivity contribution >= 4 is 49.1 Å². The van der Waals surface area contributed by atoms with E-state index in [9.17, 15) is 14.4 Å². The number of benzene rings is 1. The lowest BCUT2D eigenvalue weighted by Gasteiger charge is -2.03. The summed E-state index contributed by atoms with van der Waals surface area (Å²) in [5.41, 5.74) is -0.464. The number of rotatable bonds is 4. The molecule has 0 saturated carbocycles. The van der Waals surface area contributed by atoms with E-state index in [0.717, 1.165) is 18.3 Å². The molecule has 4 rings (SSSR count). The fraction of sp³-hybridized carbons (Fsp3) is 0.200. The van der Waals surface area contributed by atoms with Crippen LogP contribution in [-0.2, 0) is 13.6 Å². The third-order valence-corrected chi connectivity index (χ3v) is 5.54. The zero-order chi connectivity index (χ0) is 19.1. The summed E-state index contributed by atoms with van der Waals surface area (Å²) in [5, 5.41) is 10.8. The van der Waals surface area contributed by atoms with Crippen LogP contribution in [0, 0.1) is 0 Å². The lowest BCUT2D eigenvalue weighted by atomic mass is 10.3. The third-order valence-electron chi connectivity index (χ3n) is 3.92. The highest BCUT2D eigenvalue weighted by Crippen LogP contribution is 2.21. The number of fused-ring (bicyclic) bond motifs is 2. The first kappa shape index (κ1) is 17.5. The number of nitrogens with zero attached hydrogens (tertiary/aromatic N) is 6. The molecule has 10 nitrogen and oxygen atoms in total. The molecule has 0 radical (unpaired) electrons. The van der Waals surface area contributed by atoms with Crippen LogP contribution >= 0.6 is 27.5 Å². The zero-order valence-corrected chi connectivity index (χ0v) is 16.3. The summed E-state index contributed by atoms with van der Waals surface area (Å²) in [4.78, 5) is 40.6. The summed E-state index contributed by atoms with van der Waals surface area (Å²) in [6.07, 6.45) is 1.23. The number of nitrogens with one attached hydrogen (secondary N) is 1. The predicted octanol–water partition coefficient (Wildman–Crippen LogP) is 0.392. The van der Waals surface area contributed by atoms with Crippen LogP contribution in [0.4, 0.5) is 0 Å². The van der Waals surface area contributed by atoms with Crippen molar-refractivity contribution < 1.29 is 4.79 Å². The molecule has 0 aliphatic rings. The first-order valence-electron chi connectivity index (χ1n) is 7.80. The monoisotopic (exact) mass is 449 g/mol. The molecule has 0 bridgehead atoms. The number of halogens is 1. The van der Waals surface area contributed by atoms with Gasteiger partial charge in [-0.05, 0) is 18.2 Å². The topological polar surface area (TPSA) is 116 Å². The Hall–Kier alpha value is -2.86. The Kier molecular flexibility index (Phi) is 4.36. The van der Waals surface area contributed by atoms with E-state index in [1.807, 2.05) is 12.1 Å². The molecule has 0 aliphatic heterocycles. The van der Waals surface area contributed by atoms with Crippen molar-refractivity contribution in [1.82, 2.24) is 33.7 Å². The molecule has 1 N–H and O–H groups in total. The summed E-state index contributed by atoms with van der Waals surface area (Å²) < 4.78 is 5.49. The van der Waals surface area contributed by atoms with E-state index in [1.165, 1.54) is 24.9 Å². The highest BCUT2D eigenvalue weighted by molar-refractivity contribution is 9.10. The predicted molar refractivity (Wildman–Crippen MR) is 102 cm³/mol. The highest BCUT2D eigenvalue weighted by atomic mass is 79.9. The van der Waals surface area contributed by atoms with E-state index in [2.05, 4.69) is 36.5 Å². The van der Waals surface area contributed by atoms with Crippen LogP contribution in [0.1, 0.15) is 10.5 Å². The van der Waals surface area contributed by atoms with Crippen molar-refractivity contribution in [2.75, 3.05) is 6.54 Å². The average Bonchev–Trinajstić information content (AvgIpc) is 3.21. The lowest BCUT2D eigenvalue weighted by molar-refractivity contribution is 0.0949. The number of amides is 1. The largest absolute Gasteiger partial charge is 0.352 e. The number of carbonyl (C=O) groups excluding carboxylic acids is 1. The minimum Gasteiger partial charge on any atom is -0.349 e. The third kappa shape index (κ3) is 3.06. The van der Waals surface area contributed by atoms with E-state index in [1.54, 1.807) is 10.0 Å². The molecule has 0 unspecified atom stereocenters. The molecule has 1 aromatic carbocycles. The molecule has 1 amide bonds. The van der Waals surface area contributed by atoms with E-state index in [4.69, 9.17) is 0 Å². The molecule has 0 spiro atoms. The van der Waals surface area contributed by atoms with E-state index in [-0.39, 0.29) is 23.4 Å². The Morgan fingerprint density at radius 2 is 2.15 bits per heavy atom. The number of aryl methyl sites for hydroxylation is 1. The van der Waals surface area contributed by atoms with Gasteiger partial charge in [0.05, 0.1) is 16.6 Å². The zero-order valence-electron chi connectivity index (χ0n) is 13.9. The number of hydrogen-bond donors (Lipinski definition) is 1. The Labute approximate surface area is 163 Å². The van der Waals surface area contributed by atoms with Gasteiger partial charge in [-0.2, -0.15) is 4.68 Å². The van der Waals surface area contributed by atoms with Crippen LogP contribution in [0.2, 0.25) is 0 Å². The highest BCUT2D eigenvalue weighted by Gasteiger charge is 2.17. The number of aromatic nitrogens is 6. The van der Waals surface area contributed by atoms with Crippen molar-refractivity contribution in [3.8, 4) is 0 Å². The Morgan fingerprint density at radius 1 is 1.33 bits per heavy atom. The lowest BCUT2D eigenvalue weighted by Crippen LogP contribution is -2.30. The second kappa shape index (κ2) is 6.70. The summed E-state index contributed by atoms with van der Waals surface area (Å²) in [6.45, 7) is 0.546. The molecule has 3 aromatic heterocycles. The maximum Gasteiger partial charge on any atom is 0.352 e. The first-order valence-corrected chi connectivity index (χ1v) is 9.37. The normalized spacial score (nSPS) is 11.3. The van der Waals surface area contributed by atoms with Gasteiger partial charge in [0.15, 0.2) is 11.3 Å². The van der Waals surface area contributed by atoms with Gasteiger partial charge in [-0.25, -0.2) is 14.2 Å². The molecule has 0 atom stereocenters. The minimum atomic E-state index is -0.489. The van der Waals surface area contributed by atoms with Crippen molar-refractivity contribution in [1.29, 1.82) is 0 Å². The Balaban J connectivity index is 1.51. The quantitative estimate of drug-likeness (QED) is 0.481. The second-order valence-electron chi connectivity index (χ2n) is 5.68. The van der Waals surface area contributed by atoms with Crippen molar-refractivity contribution in [3.63, 3.8) is 0 Å². The SMILES string of the molecule is Cn1nnc2c(C(=O)NCCn3sc4ccc(Br)cc4c3=O)ncn2c1=O. The maximum absolute atomic E-state index is 12.4. The van der Waals surface area contributed by atoms with Crippen LogP contribution in [0.5, 0.6) is 0 Å². The van der Waals surface area contributed by atoms with E-state index < -0.39 is 11.6 Å². The van der Waals surface area contributed by atoms with Crippen LogP contribution in [0.25, 0.3) is 15.7 Å². The van der Waals surface area contributed by atoms with Gasteiger partial charge in [-0.15, -0.1) is 5.10 Å². The van der Waals surface area contributed by atoms with Gasteiger partial charge < -0.3 is 5.32 Å². The van der Waals surface area contributed by atoms with Crippen LogP contribution in [0.3, 0.4) is 0 Å². The molecule has 27 heavy (non-hydrogen) atoms. The van der Waals surface area contributed by atoms with Gasteiger partial charge in [0.1, 0.15) is 6.33 Å². The van der Waals surface area contributed by atoms with Crippen LogP contribution < -0.4 is 16.6 Å². The van der Waals surface area contributed by atoms with Crippen LogP contribution in [-0.4, -0.2) is 40.8 Å². The summed E-state index contributed by atoms with van der Waals surface area (Å²) in [5.74, 6) is -0.489. The van der Waals surface area contributed by atoms with Crippen molar-refractivity contribution in [3.05, 3.63) is 55.5 Å². The molecule has 12 heteroatoms. The molecule has 138 valence electrons. The van der Waals surface area contributed by atoms with Gasteiger partial charge in [0, 0.05) is 18.1 Å². The van der Waals surface area contributed by atoms with Crippen molar-refractivity contribution in [2.24, 2.45) is 7.05 Å².